The van der Waals surface area contributed by atoms with Crippen LogP contribution in [0.4, 0.5) is 0 Å². The normalized spacial score (nSPS) is 36.3. The second-order valence-electron chi connectivity index (χ2n) is 6.36. The van der Waals surface area contributed by atoms with Crippen LogP contribution in [0.1, 0.15) is 32.3 Å². The van der Waals surface area contributed by atoms with E-state index in [1.54, 1.807) is 0 Å². The largest absolute Gasteiger partial charge is 0.378 e. The highest BCUT2D eigenvalue weighted by atomic mass is 35.5. The van der Waals surface area contributed by atoms with Crippen LogP contribution in [0.3, 0.4) is 0 Å². The molecule has 1 saturated heterocycles. The van der Waals surface area contributed by atoms with Crippen molar-refractivity contribution < 1.29 is 4.74 Å². The Kier molecular flexibility index (Phi) is 3.79. The van der Waals surface area contributed by atoms with Crippen molar-refractivity contribution in [3.8, 4) is 0 Å². The molecule has 1 aromatic carbocycles. The lowest BCUT2D eigenvalue weighted by Gasteiger charge is -2.37. The van der Waals surface area contributed by atoms with Crippen LogP contribution >= 0.6 is 23.2 Å². The zero-order chi connectivity index (χ0) is 14.4. The lowest BCUT2D eigenvalue weighted by Crippen LogP contribution is -2.38. The highest BCUT2D eigenvalue weighted by molar-refractivity contribution is 6.42. The predicted molar refractivity (Wildman–Crippen MR) is 83.8 cm³/mol. The van der Waals surface area contributed by atoms with Crippen molar-refractivity contribution >= 4 is 23.2 Å². The maximum atomic E-state index is 6.24. The van der Waals surface area contributed by atoms with E-state index in [0.717, 1.165) is 32.5 Å². The van der Waals surface area contributed by atoms with Crippen LogP contribution < -0.4 is 5.32 Å². The lowest BCUT2D eigenvalue weighted by atomic mass is 9.65. The summed E-state index contributed by atoms with van der Waals surface area (Å²) in [4.78, 5) is 0. The molecule has 20 heavy (non-hydrogen) atoms. The number of benzene rings is 1. The first-order valence-corrected chi connectivity index (χ1v) is 8.04. The first-order chi connectivity index (χ1) is 9.51. The van der Waals surface area contributed by atoms with E-state index in [4.69, 9.17) is 27.9 Å². The Morgan fingerprint density at radius 3 is 2.75 bits per heavy atom. The number of rotatable bonds is 3. The molecule has 1 aliphatic heterocycles. The molecule has 1 aliphatic carbocycles. The molecule has 0 radical (unpaired) electrons. The van der Waals surface area contributed by atoms with Gasteiger partial charge in [0.15, 0.2) is 0 Å². The van der Waals surface area contributed by atoms with Crippen LogP contribution in [-0.4, -0.2) is 25.8 Å². The van der Waals surface area contributed by atoms with E-state index in [2.05, 4.69) is 25.2 Å². The van der Waals surface area contributed by atoms with Crippen molar-refractivity contribution in [1.82, 2.24) is 5.32 Å². The van der Waals surface area contributed by atoms with Crippen LogP contribution in [0, 0.1) is 5.41 Å². The molecular formula is C16H21Cl2NO. The highest BCUT2D eigenvalue weighted by Gasteiger charge is 2.59. The van der Waals surface area contributed by atoms with Gasteiger partial charge in [0, 0.05) is 25.1 Å². The summed E-state index contributed by atoms with van der Waals surface area (Å²) in [5.74, 6) is 0. The van der Waals surface area contributed by atoms with Crippen LogP contribution in [0.2, 0.25) is 10.0 Å². The molecule has 3 atom stereocenters. The number of hydrogen-bond donors (Lipinski definition) is 1. The first-order valence-electron chi connectivity index (χ1n) is 7.29. The topological polar surface area (TPSA) is 21.3 Å². The minimum absolute atomic E-state index is 0.112. The fourth-order valence-corrected chi connectivity index (χ4v) is 4.50. The van der Waals surface area contributed by atoms with Gasteiger partial charge in [-0.25, -0.2) is 0 Å². The summed E-state index contributed by atoms with van der Waals surface area (Å²) >= 11 is 12.3. The van der Waals surface area contributed by atoms with E-state index in [9.17, 15) is 0 Å². The quantitative estimate of drug-likeness (QED) is 0.909. The van der Waals surface area contributed by atoms with E-state index in [1.807, 2.05) is 12.1 Å². The van der Waals surface area contributed by atoms with Gasteiger partial charge in [-0.1, -0.05) is 36.2 Å². The molecule has 2 fully saturated rings. The minimum Gasteiger partial charge on any atom is -0.378 e. The summed E-state index contributed by atoms with van der Waals surface area (Å²) in [7, 11) is 0. The third-order valence-corrected chi connectivity index (χ3v) is 5.97. The van der Waals surface area contributed by atoms with Crippen molar-refractivity contribution in [2.75, 3.05) is 19.7 Å². The molecule has 4 heteroatoms. The molecule has 0 aromatic heterocycles. The second kappa shape index (κ2) is 5.17. The fourth-order valence-electron chi connectivity index (χ4n) is 4.20. The third-order valence-electron chi connectivity index (χ3n) is 5.23. The second-order valence-corrected chi connectivity index (χ2v) is 7.18. The summed E-state index contributed by atoms with van der Waals surface area (Å²) in [5, 5.41) is 4.84. The van der Waals surface area contributed by atoms with Crippen LogP contribution in [0.15, 0.2) is 18.2 Å². The first kappa shape index (κ1) is 14.6. The van der Waals surface area contributed by atoms with E-state index >= 15 is 0 Å². The monoisotopic (exact) mass is 313 g/mol. The number of halogens is 2. The van der Waals surface area contributed by atoms with Gasteiger partial charge in [-0.3, -0.25) is 0 Å². The summed E-state index contributed by atoms with van der Waals surface area (Å²) in [6.45, 7) is 7.25. The molecule has 2 aliphatic rings. The summed E-state index contributed by atoms with van der Waals surface area (Å²) < 4.78 is 5.92. The zero-order valence-corrected chi connectivity index (χ0v) is 13.5. The molecule has 0 spiro atoms. The molecule has 1 N–H and O–H groups in total. The van der Waals surface area contributed by atoms with Gasteiger partial charge >= 0.3 is 0 Å². The highest BCUT2D eigenvalue weighted by Crippen LogP contribution is 2.57. The zero-order valence-electron chi connectivity index (χ0n) is 12.0. The summed E-state index contributed by atoms with van der Waals surface area (Å²) in [6.07, 6.45) is 2.51. The molecule has 1 saturated carbocycles. The van der Waals surface area contributed by atoms with Crippen molar-refractivity contribution in [3.63, 3.8) is 0 Å². The molecule has 0 amide bonds. The van der Waals surface area contributed by atoms with Gasteiger partial charge in [-0.2, -0.15) is 0 Å². The number of hydrogen-bond acceptors (Lipinski definition) is 2. The minimum atomic E-state index is 0.112. The molecule has 1 aromatic rings. The Morgan fingerprint density at radius 2 is 2.05 bits per heavy atom. The maximum Gasteiger partial charge on any atom is 0.0595 e. The number of nitrogens with one attached hydrogen (secondary N) is 1. The standard InChI is InChI=1S/C16H21Cl2NO/c1-3-20-12-7-15(2)9-19-10-16(15,8-12)11-4-5-13(17)14(18)6-11/h4-6,12,19H,3,7-10H2,1-2H3. The molecule has 2 nitrogen and oxygen atoms in total. The van der Waals surface area contributed by atoms with Gasteiger partial charge in [-0.05, 0) is 42.9 Å². The SMILES string of the molecule is CCOC1CC2(C)CNCC2(c2ccc(Cl)c(Cl)c2)C1. The molecule has 3 rings (SSSR count). The van der Waals surface area contributed by atoms with Gasteiger partial charge in [0.2, 0.25) is 0 Å². The average molecular weight is 314 g/mol. The van der Waals surface area contributed by atoms with Gasteiger partial charge < -0.3 is 10.1 Å². The van der Waals surface area contributed by atoms with Gasteiger partial charge in [0.1, 0.15) is 0 Å². The molecule has 3 unspecified atom stereocenters. The van der Waals surface area contributed by atoms with Crippen LogP contribution in [0.5, 0.6) is 0 Å². The Labute approximate surface area is 130 Å². The molecule has 110 valence electrons. The van der Waals surface area contributed by atoms with Crippen molar-refractivity contribution in [3.05, 3.63) is 33.8 Å². The van der Waals surface area contributed by atoms with Gasteiger partial charge in [0.05, 0.1) is 16.1 Å². The Bertz CT molecular complexity index is 521. The van der Waals surface area contributed by atoms with Gasteiger partial charge in [0.25, 0.3) is 0 Å². The van der Waals surface area contributed by atoms with Crippen LogP contribution in [0.25, 0.3) is 0 Å². The Balaban J connectivity index is 2.01. The lowest BCUT2D eigenvalue weighted by molar-refractivity contribution is 0.0582. The third kappa shape index (κ3) is 2.09. The van der Waals surface area contributed by atoms with Gasteiger partial charge in [-0.15, -0.1) is 0 Å². The fraction of sp³-hybridized carbons (Fsp3) is 0.625. The van der Waals surface area contributed by atoms with Crippen LogP contribution in [-0.2, 0) is 10.2 Å². The number of fused-ring (bicyclic) bond motifs is 1. The Morgan fingerprint density at radius 1 is 1.25 bits per heavy atom. The van der Waals surface area contributed by atoms with Crippen molar-refractivity contribution in [2.24, 2.45) is 5.41 Å². The van der Waals surface area contributed by atoms with E-state index in [-0.39, 0.29) is 10.8 Å². The summed E-state index contributed by atoms with van der Waals surface area (Å²) in [5.41, 5.74) is 1.63. The van der Waals surface area contributed by atoms with Crippen molar-refractivity contribution in [1.29, 1.82) is 0 Å². The number of ether oxygens (including phenoxy) is 1. The average Bonchev–Trinajstić information content (AvgIpc) is 2.83. The Hall–Kier alpha value is -0.280. The van der Waals surface area contributed by atoms with E-state index in [0.29, 0.717) is 16.1 Å². The molecular weight excluding hydrogens is 293 g/mol. The van der Waals surface area contributed by atoms with E-state index in [1.165, 1.54) is 5.56 Å². The van der Waals surface area contributed by atoms with E-state index < -0.39 is 0 Å². The smallest absolute Gasteiger partial charge is 0.0595 e. The molecule has 0 bridgehead atoms. The maximum absolute atomic E-state index is 6.24. The molecule has 1 heterocycles. The summed E-state index contributed by atoms with van der Waals surface area (Å²) in [6, 6.07) is 6.10. The van der Waals surface area contributed by atoms with Crippen molar-refractivity contribution in [2.45, 2.75) is 38.2 Å². The predicted octanol–water partition coefficient (Wildman–Crippen LogP) is 4.04.